The highest BCUT2D eigenvalue weighted by atomic mass is 19.1. The third-order valence-corrected chi connectivity index (χ3v) is 4.29. The summed E-state index contributed by atoms with van der Waals surface area (Å²) in [5.74, 6) is 0.792. The molecule has 2 N–H and O–H groups in total. The van der Waals surface area contributed by atoms with E-state index in [4.69, 9.17) is 9.26 Å². The van der Waals surface area contributed by atoms with Gasteiger partial charge in [0.25, 0.3) is 5.91 Å². The number of rotatable bonds is 6. The Labute approximate surface area is 144 Å². The van der Waals surface area contributed by atoms with Crippen molar-refractivity contribution in [3.63, 3.8) is 0 Å². The second-order valence-corrected chi connectivity index (χ2v) is 6.22. The Bertz CT molecular complexity index is 719. The zero-order chi connectivity index (χ0) is 17.8. The fourth-order valence-corrected chi connectivity index (χ4v) is 2.98. The van der Waals surface area contributed by atoms with Crippen molar-refractivity contribution >= 4 is 5.91 Å². The number of nitrogens with zero attached hydrogens (tertiary/aromatic N) is 2. The molecule has 1 fully saturated rings. The zero-order valence-electron chi connectivity index (χ0n) is 13.8. The summed E-state index contributed by atoms with van der Waals surface area (Å²) in [5, 5.41) is 16.7. The van der Waals surface area contributed by atoms with E-state index in [-0.39, 0.29) is 30.2 Å². The molecule has 1 aliphatic carbocycles. The van der Waals surface area contributed by atoms with Crippen molar-refractivity contribution in [3.05, 3.63) is 41.8 Å². The van der Waals surface area contributed by atoms with Gasteiger partial charge in [-0.2, -0.15) is 4.98 Å². The van der Waals surface area contributed by atoms with Gasteiger partial charge in [-0.15, -0.1) is 0 Å². The van der Waals surface area contributed by atoms with Gasteiger partial charge in [0.2, 0.25) is 5.89 Å². The normalized spacial score (nSPS) is 22.8. The summed E-state index contributed by atoms with van der Waals surface area (Å²) in [6.45, 7) is 1.92. The minimum atomic E-state index is -0.532. The number of aryl methyl sites for hydroxylation is 1. The molecule has 1 amide bonds. The summed E-state index contributed by atoms with van der Waals surface area (Å²) in [5.41, 5.74) is 0. The molecule has 25 heavy (non-hydrogen) atoms. The van der Waals surface area contributed by atoms with Crippen LogP contribution in [-0.4, -0.2) is 40.4 Å². The maximum Gasteiger partial charge on any atom is 0.257 e. The van der Waals surface area contributed by atoms with Gasteiger partial charge in [-0.05, 0) is 44.0 Å². The van der Waals surface area contributed by atoms with Crippen LogP contribution in [0.25, 0.3) is 0 Å². The van der Waals surface area contributed by atoms with Crippen molar-refractivity contribution in [2.45, 2.75) is 31.8 Å². The van der Waals surface area contributed by atoms with E-state index in [0.29, 0.717) is 36.9 Å². The van der Waals surface area contributed by atoms with Crippen LogP contribution >= 0.6 is 0 Å². The van der Waals surface area contributed by atoms with Crippen LogP contribution in [0.15, 0.2) is 28.8 Å². The standard InChI is InChI=1S/C17H20FN3O4/c1-10-20-17(25-21-10)11-6-12(15(22)7-11)8-19-16(23)9-24-14-4-2-13(18)3-5-14/h2-5,11-12,15,22H,6-9H2,1H3,(H,19,23)/t11-,12+,15+/m0/s1. The van der Waals surface area contributed by atoms with Crippen molar-refractivity contribution in [2.24, 2.45) is 5.92 Å². The van der Waals surface area contributed by atoms with E-state index in [2.05, 4.69) is 15.5 Å². The van der Waals surface area contributed by atoms with Crippen molar-refractivity contribution < 1.29 is 23.6 Å². The lowest BCUT2D eigenvalue weighted by Crippen LogP contribution is -2.35. The highest BCUT2D eigenvalue weighted by molar-refractivity contribution is 5.77. The maximum atomic E-state index is 12.8. The average molecular weight is 349 g/mol. The Morgan fingerprint density at radius 2 is 2.16 bits per heavy atom. The molecule has 8 heteroatoms. The maximum absolute atomic E-state index is 12.8. The molecule has 7 nitrogen and oxygen atoms in total. The summed E-state index contributed by atoms with van der Waals surface area (Å²) in [7, 11) is 0. The van der Waals surface area contributed by atoms with Crippen LogP contribution in [0.3, 0.4) is 0 Å². The molecule has 1 aliphatic rings. The molecule has 0 aliphatic heterocycles. The topological polar surface area (TPSA) is 97.5 Å². The van der Waals surface area contributed by atoms with Gasteiger partial charge in [-0.1, -0.05) is 5.16 Å². The first-order chi connectivity index (χ1) is 12.0. The number of nitrogens with one attached hydrogen (secondary N) is 1. The Morgan fingerprint density at radius 1 is 1.40 bits per heavy atom. The SMILES string of the molecule is Cc1noc([C@H]2C[C@H](CNC(=O)COc3ccc(F)cc3)[C@H](O)C2)n1. The van der Waals surface area contributed by atoms with E-state index < -0.39 is 6.10 Å². The van der Waals surface area contributed by atoms with E-state index in [1.165, 1.54) is 24.3 Å². The summed E-state index contributed by atoms with van der Waals surface area (Å²) in [4.78, 5) is 16.1. The van der Waals surface area contributed by atoms with Crippen LogP contribution in [0.1, 0.15) is 30.5 Å². The number of aromatic nitrogens is 2. The van der Waals surface area contributed by atoms with Gasteiger partial charge >= 0.3 is 0 Å². The van der Waals surface area contributed by atoms with E-state index >= 15 is 0 Å². The van der Waals surface area contributed by atoms with Crippen LogP contribution in [-0.2, 0) is 4.79 Å². The number of hydrogen-bond acceptors (Lipinski definition) is 6. The van der Waals surface area contributed by atoms with Gasteiger partial charge in [0, 0.05) is 18.4 Å². The smallest absolute Gasteiger partial charge is 0.257 e. The largest absolute Gasteiger partial charge is 0.484 e. The Morgan fingerprint density at radius 3 is 2.84 bits per heavy atom. The summed E-state index contributed by atoms with van der Waals surface area (Å²) in [6, 6.07) is 5.45. The van der Waals surface area contributed by atoms with Crippen molar-refractivity contribution in [2.75, 3.05) is 13.2 Å². The van der Waals surface area contributed by atoms with E-state index in [9.17, 15) is 14.3 Å². The molecule has 0 radical (unpaired) electrons. The highest BCUT2D eigenvalue weighted by Crippen LogP contribution is 2.37. The molecule has 3 rings (SSSR count). The molecule has 2 aromatic rings. The third kappa shape index (κ3) is 4.54. The lowest BCUT2D eigenvalue weighted by molar-refractivity contribution is -0.123. The number of hydrogen-bond donors (Lipinski definition) is 2. The molecule has 1 aromatic carbocycles. The molecule has 0 spiro atoms. The van der Waals surface area contributed by atoms with Crippen LogP contribution in [0.2, 0.25) is 0 Å². The third-order valence-electron chi connectivity index (χ3n) is 4.29. The fraction of sp³-hybridized carbons (Fsp3) is 0.471. The molecule has 1 heterocycles. The number of benzene rings is 1. The highest BCUT2D eigenvalue weighted by Gasteiger charge is 2.36. The first-order valence-corrected chi connectivity index (χ1v) is 8.14. The number of amides is 1. The average Bonchev–Trinajstić information content (AvgIpc) is 3.18. The Kier molecular flexibility index (Phi) is 5.28. The lowest BCUT2D eigenvalue weighted by Gasteiger charge is -2.15. The zero-order valence-corrected chi connectivity index (χ0v) is 13.8. The van der Waals surface area contributed by atoms with E-state index in [0.717, 1.165) is 0 Å². The van der Waals surface area contributed by atoms with Gasteiger partial charge in [0.05, 0.1) is 6.10 Å². The number of carbonyl (C=O) groups excluding carboxylic acids is 1. The molecule has 1 aromatic heterocycles. The van der Waals surface area contributed by atoms with E-state index in [1.807, 2.05) is 0 Å². The molecule has 134 valence electrons. The van der Waals surface area contributed by atoms with Crippen LogP contribution < -0.4 is 10.1 Å². The predicted octanol–water partition coefficient (Wildman–Crippen LogP) is 1.57. The molecular weight excluding hydrogens is 329 g/mol. The minimum Gasteiger partial charge on any atom is -0.484 e. The first-order valence-electron chi connectivity index (χ1n) is 8.14. The van der Waals surface area contributed by atoms with Gasteiger partial charge in [0.1, 0.15) is 11.6 Å². The second kappa shape index (κ2) is 7.60. The molecule has 1 saturated carbocycles. The second-order valence-electron chi connectivity index (χ2n) is 6.22. The van der Waals surface area contributed by atoms with Gasteiger partial charge in [0.15, 0.2) is 12.4 Å². The van der Waals surface area contributed by atoms with Gasteiger partial charge in [-0.25, -0.2) is 4.39 Å². The van der Waals surface area contributed by atoms with Crippen LogP contribution in [0.4, 0.5) is 4.39 Å². The first kappa shape index (κ1) is 17.3. The predicted molar refractivity (Wildman–Crippen MR) is 85.4 cm³/mol. The van der Waals surface area contributed by atoms with Crippen molar-refractivity contribution in [1.82, 2.24) is 15.5 Å². The number of aliphatic hydroxyl groups is 1. The molecule has 0 saturated heterocycles. The molecular formula is C17H20FN3O4. The van der Waals surface area contributed by atoms with Crippen LogP contribution in [0, 0.1) is 18.7 Å². The number of aliphatic hydroxyl groups excluding tert-OH is 1. The Hall–Kier alpha value is -2.48. The van der Waals surface area contributed by atoms with Crippen molar-refractivity contribution in [3.8, 4) is 5.75 Å². The summed E-state index contributed by atoms with van der Waals surface area (Å²) in [6.07, 6.45) is 0.673. The molecule has 3 atom stereocenters. The summed E-state index contributed by atoms with van der Waals surface area (Å²) >= 11 is 0. The van der Waals surface area contributed by atoms with Crippen molar-refractivity contribution in [1.29, 1.82) is 0 Å². The fourth-order valence-electron chi connectivity index (χ4n) is 2.98. The monoisotopic (exact) mass is 349 g/mol. The number of halogens is 1. The van der Waals surface area contributed by atoms with Gasteiger partial charge in [-0.3, -0.25) is 4.79 Å². The molecule has 0 bridgehead atoms. The molecule has 0 unspecified atom stereocenters. The minimum absolute atomic E-state index is 0.00793. The quantitative estimate of drug-likeness (QED) is 0.821. The van der Waals surface area contributed by atoms with Gasteiger partial charge < -0.3 is 19.7 Å². The Balaban J connectivity index is 1.43. The number of carbonyl (C=O) groups is 1. The number of ether oxygens (including phenoxy) is 1. The van der Waals surface area contributed by atoms with Crippen LogP contribution in [0.5, 0.6) is 5.75 Å². The lowest BCUT2D eigenvalue weighted by atomic mass is 10.0. The van der Waals surface area contributed by atoms with E-state index in [1.54, 1.807) is 6.92 Å². The summed E-state index contributed by atoms with van der Waals surface area (Å²) < 4.78 is 23.2.